The zero-order chi connectivity index (χ0) is 19.2. The summed E-state index contributed by atoms with van der Waals surface area (Å²) in [6, 6.07) is 7.68. The molecule has 144 valence electrons. The van der Waals surface area contributed by atoms with Crippen molar-refractivity contribution >= 4 is 33.8 Å². The first-order valence-electron chi connectivity index (χ1n) is 9.21. The highest BCUT2D eigenvalue weighted by Gasteiger charge is 2.19. The van der Waals surface area contributed by atoms with E-state index in [4.69, 9.17) is 15.5 Å². The maximum absolute atomic E-state index is 11.2. The fourth-order valence-corrected chi connectivity index (χ4v) is 3.18. The predicted octanol–water partition coefficient (Wildman–Crippen LogP) is 2.99. The van der Waals surface area contributed by atoms with Crippen molar-refractivity contribution in [1.29, 1.82) is 0 Å². The van der Waals surface area contributed by atoms with E-state index in [-0.39, 0.29) is 5.82 Å². The molecule has 1 amide bonds. The summed E-state index contributed by atoms with van der Waals surface area (Å²) in [4.78, 5) is 20.5. The zero-order valence-electron chi connectivity index (χ0n) is 15.4. The molecule has 1 aromatic carbocycles. The third-order valence-corrected chi connectivity index (χ3v) is 4.36. The highest BCUT2D eigenvalue weighted by Crippen LogP contribution is 2.30. The average Bonchev–Trinajstić information content (AvgIpc) is 3.02. The number of aromatic nitrogens is 3. The summed E-state index contributed by atoms with van der Waals surface area (Å²) in [5.74, 6) is 1.17. The van der Waals surface area contributed by atoms with E-state index in [0.717, 1.165) is 41.5 Å². The van der Waals surface area contributed by atoms with Crippen molar-refractivity contribution in [1.82, 2.24) is 14.5 Å². The van der Waals surface area contributed by atoms with E-state index in [1.807, 2.05) is 24.3 Å². The predicted molar refractivity (Wildman–Crippen MR) is 105 cm³/mol. The van der Waals surface area contributed by atoms with Gasteiger partial charge in [0, 0.05) is 24.9 Å². The van der Waals surface area contributed by atoms with Crippen LogP contribution in [-0.2, 0) is 17.7 Å². The lowest BCUT2D eigenvalue weighted by molar-refractivity contribution is 0.133. The number of imidazole rings is 1. The largest absolute Gasteiger partial charge is 0.465 e. The van der Waals surface area contributed by atoms with Crippen molar-refractivity contribution in [2.24, 2.45) is 5.73 Å². The van der Waals surface area contributed by atoms with Gasteiger partial charge in [0.15, 0.2) is 5.82 Å². The number of carboxylic acid groups (broad SMARTS) is 1. The van der Waals surface area contributed by atoms with E-state index in [1.54, 1.807) is 0 Å². The van der Waals surface area contributed by atoms with Crippen LogP contribution in [-0.4, -0.2) is 45.5 Å². The molecule has 8 heteroatoms. The summed E-state index contributed by atoms with van der Waals surface area (Å²) in [5, 5.41) is 12.5. The molecule has 3 aromatic rings. The van der Waals surface area contributed by atoms with Gasteiger partial charge in [-0.3, -0.25) is 5.32 Å². The first-order valence-corrected chi connectivity index (χ1v) is 9.21. The topological polar surface area (TPSA) is 115 Å². The molecule has 0 aliphatic heterocycles. The minimum absolute atomic E-state index is 0.260. The molecule has 0 spiro atoms. The van der Waals surface area contributed by atoms with Crippen molar-refractivity contribution in [3.05, 3.63) is 30.1 Å². The van der Waals surface area contributed by atoms with E-state index < -0.39 is 6.09 Å². The second kappa shape index (κ2) is 8.79. The summed E-state index contributed by atoms with van der Waals surface area (Å²) >= 11 is 0. The van der Waals surface area contributed by atoms with Gasteiger partial charge in [-0.15, -0.1) is 0 Å². The summed E-state index contributed by atoms with van der Waals surface area (Å²) in [7, 11) is 0. The number of unbranched alkanes of at least 4 members (excludes halogenated alkanes) is 1. The van der Waals surface area contributed by atoms with Crippen molar-refractivity contribution in [3.63, 3.8) is 0 Å². The number of rotatable bonds is 9. The second-order valence-electron chi connectivity index (χ2n) is 6.29. The number of ether oxygens (including phenoxy) is 1. The average molecular weight is 371 g/mol. The number of hydrogen-bond acceptors (Lipinski definition) is 5. The van der Waals surface area contributed by atoms with E-state index in [9.17, 15) is 9.90 Å². The maximum atomic E-state index is 11.2. The number of nitrogens with one attached hydrogen (secondary N) is 1. The number of aryl methyl sites for hydroxylation is 1. The number of nitrogens with zero attached hydrogens (tertiary/aromatic N) is 3. The van der Waals surface area contributed by atoms with E-state index in [0.29, 0.717) is 31.8 Å². The van der Waals surface area contributed by atoms with Crippen molar-refractivity contribution in [2.75, 3.05) is 25.1 Å². The molecule has 0 radical (unpaired) electrons. The van der Waals surface area contributed by atoms with E-state index >= 15 is 0 Å². The Morgan fingerprint density at radius 3 is 2.85 bits per heavy atom. The third-order valence-electron chi connectivity index (χ3n) is 4.36. The van der Waals surface area contributed by atoms with E-state index in [1.165, 1.54) is 0 Å². The normalized spacial score (nSPS) is 11.3. The number of pyridine rings is 1. The van der Waals surface area contributed by atoms with E-state index in [2.05, 4.69) is 21.8 Å². The molecule has 4 N–H and O–H groups in total. The molecule has 0 atom stereocenters. The van der Waals surface area contributed by atoms with Gasteiger partial charge in [-0.25, -0.2) is 14.8 Å². The standard InChI is InChI=1S/C19H25N5O3/c1-2-3-8-15-22-16-17(24(15)10-12-27-11-9-20)13-6-4-5-7-14(13)21-18(16)23-19(25)26/h4-7H,2-3,8-12,20H2,1H3,(H,21,23)(H,25,26). The van der Waals surface area contributed by atoms with Crippen LogP contribution in [0.2, 0.25) is 0 Å². The van der Waals surface area contributed by atoms with Crippen LogP contribution in [0.5, 0.6) is 0 Å². The molecule has 0 saturated heterocycles. The Hall–Kier alpha value is -2.71. The van der Waals surface area contributed by atoms with Crippen LogP contribution in [0.25, 0.3) is 21.9 Å². The summed E-state index contributed by atoms with van der Waals surface area (Å²) in [6.45, 7) is 4.25. The number of carbonyl (C=O) groups is 1. The molecule has 27 heavy (non-hydrogen) atoms. The van der Waals surface area contributed by atoms with Gasteiger partial charge in [-0.05, 0) is 12.5 Å². The van der Waals surface area contributed by atoms with Crippen LogP contribution in [0.15, 0.2) is 24.3 Å². The number of benzene rings is 1. The van der Waals surface area contributed by atoms with Gasteiger partial charge in [0.1, 0.15) is 11.3 Å². The van der Waals surface area contributed by atoms with Crippen LogP contribution in [0.3, 0.4) is 0 Å². The molecule has 0 aliphatic carbocycles. The lowest BCUT2D eigenvalue weighted by Gasteiger charge is -2.11. The van der Waals surface area contributed by atoms with Gasteiger partial charge < -0.3 is 20.1 Å². The number of nitrogens with two attached hydrogens (primary N) is 1. The van der Waals surface area contributed by atoms with Gasteiger partial charge in [0.25, 0.3) is 0 Å². The van der Waals surface area contributed by atoms with Crippen LogP contribution in [0, 0.1) is 0 Å². The van der Waals surface area contributed by atoms with Crippen molar-refractivity contribution < 1.29 is 14.6 Å². The fourth-order valence-electron chi connectivity index (χ4n) is 3.18. The number of hydrogen-bond donors (Lipinski definition) is 3. The Labute approximate surface area is 157 Å². The molecule has 3 rings (SSSR count). The number of amides is 1. The Balaban J connectivity index is 2.17. The molecule has 0 aliphatic rings. The minimum atomic E-state index is -1.16. The summed E-state index contributed by atoms with van der Waals surface area (Å²) < 4.78 is 7.70. The molecule has 0 bridgehead atoms. The number of para-hydroxylation sites is 1. The smallest absolute Gasteiger partial charge is 0.410 e. The van der Waals surface area contributed by atoms with Crippen LogP contribution < -0.4 is 11.1 Å². The molecule has 8 nitrogen and oxygen atoms in total. The highest BCUT2D eigenvalue weighted by atomic mass is 16.5. The van der Waals surface area contributed by atoms with Crippen LogP contribution in [0.4, 0.5) is 10.6 Å². The van der Waals surface area contributed by atoms with Gasteiger partial charge >= 0.3 is 6.09 Å². The Bertz CT molecular complexity index is 938. The summed E-state index contributed by atoms with van der Waals surface area (Å²) in [5.41, 5.74) is 7.67. The van der Waals surface area contributed by atoms with Crippen LogP contribution in [0.1, 0.15) is 25.6 Å². The van der Waals surface area contributed by atoms with Crippen LogP contribution >= 0.6 is 0 Å². The minimum Gasteiger partial charge on any atom is -0.465 e. The maximum Gasteiger partial charge on any atom is 0.410 e. The van der Waals surface area contributed by atoms with Crippen molar-refractivity contribution in [2.45, 2.75) is 32.7 Å². The Morgan fingerprint density at radius 2 is 2.11 bits per heavy atom. The van der Waals surface area contributed by atoms with Crippen molar-refractivity contribution in [3.8, 4) is 0 Å². The first-order chi connectivity index (χ1) is 13.2. The number of anilines is 1. The SMILES string of the molecule is CCCCc1nc2c(NC(=O)O)nc3ccccc3c2n1CCOCCN. The first kappa shape index (κ1) is 19.1. The molecular formula is C19H25N5O3. The lowest BCUT2D eigenvalue weighted by Crippen LogP contribution is -2.14. The molecule has 2 heterocycles. The molecule has 0 saturated carbocycles. The molecule has 2 aromatic heterocycles. The monoisotopic (exact) mass is 371 g/mol. The highest BCUT2D eigenvalue weighted by molar-refractivity contribution is 6.08. The number of fused-ring (bicyclic) bond motifs is 3. The second-order valence-corrected chi connectivity index (χ2v) is 6.29. The van der Waals surface area contributed by atoms with Gasteiger partial charge in [-0.2, -0.15) is 0 Å². The Kier molecular flexibility index (Phi) is 6.20. The molecule has 0 fully saturated rings. The fraction of sp³-hybridized carbons (Fsp3) is 0.421. The summed E-state index contributed by atoms with van der Waals surface area (Å²) in [6.07, 6.45) is 1.70. The van der Waals surface area contributed by atoms with Gasteiger partial charge in [0.05, 0.1) is 24.2 Å². The Morgan fingerprint density at radius 1 is 1.30 bits per heavy atom. The molecular weight excluding hydrogens is 346 g/mol. The van der Waals surface area contributed by atoms with Gasteiger partial charge in [0.2, 0.25) is 0 Å². The van der Waals surface area contributed by atoms with Gasteiger partial charge in [-0.1, -0.05) is 31.5 Å². The zero-order valence-corrected chi connectivity index (χ0v) is 15.4. The lowest BCUT2D eigenvalue weighted by atomic mass is 10.2. The quantitative estimate of drug-likeness (QED) is 0.498. The molecule has 0 unspecified atom stereocenters. The third kappa shape index (κ3) is 4.17.